The van der Waals surface area contributed by atoms with Crippen molar-refractivity contribution in [1.29, 1.82) is 5.26 Å². The zero-order chi connectivity index (χ0) is 21.4. The summed E-state index contributed by atoms with van der Waals surface area (Å²) in [5.41, 5.74) is -2.03. The molecule has 2 N–H and O–H groups in total. The summed E-state index contributed by atoms with van der Waals surface area (Å²) >= 11 is 12.5. The Balaban J connectivity index is 1.77. The second kappa shape index (κ2) is 7.47. The third-order valence-electron chi connectivity index (χ3n) is 3.99. The quantitative estimate of drug-likeness (QED) is 0.493. The average Bonchev–Trinajstić information content (AvgIpc) is 2.71. The molecule has 2 aromatic heterocycles. The van der Waals surface area contributed by atoms with Crippen LogP contribution >= 0.6 is 23.2 Å². The van der Waals surface area contributed by atoms with Crippen molar-refractivity contribution in [2.45, 2.75) is 0 Å². The largest absolute Gasteiger partial charge is 0.454 e. The first-order valence-electron chi connectivity index (χ1n) is 8.16. The highest BCUT2D eigenvalue weighted by Crippen LogP contribution is 2.38. The fourth-order valence-electron chi connectivity index (χ4n) is 2.64. The van der Waals surface area contributed by atoms with Gasteiger partial charge >= 0.3 is 5.69 Å². The molecule has 4 rings (SSSR count). The van der Waals surface area contributed by atoms with Gasteiger partial charge in [0.05, 0.1) is 33.0 Å². The SMILES string of the molecule is N#Cc1nn(-c2cc(Cl)c(Oc3ccc4nc[nH]c(=O)c4c3)c(Cl)c2)c(=O)[nH]c1=O. The van der Waals surface area contributed by atoms with E-state index in [4.69, 9.17) is 33.2 Å². The average molecular weight is 443 g/mol. The van der Waals surface area contributed by atoms with Crippen LogP contribution < -0.4 is 21.5 Å². The van der Waals surface area contributed by atoms with E-state index in [0.29, 0.717) is 10.9 Å². The molecule has 0 spiro atoms. The van der Waals surface area contributed by atoms with Gasteiger partial charge in [-0.1, -0.05) is 23.2 Å². The Morgan fingerprint density at radius 2 is 1.80 bits per heavy atom. The van der Waals surface area contributed by atoms with Crippen molar-refractivity contribution in [3.63, 3.8) is 0 Å². The molecule has 0 atom stereocenters. The lowest BCUT2D eigenvalue weighted by Crippen LogP contribution is -2.33. The summed E-state index contributed by atoms with van der Waals surface area (Å²) in [6.45, 7) is 0. The molecule has 0 aliphatic heterocycles. The van der Waals surface area contributed by atoms with Gasteiger partial charge in [0.15, 0.2) is 5.75 Å². The van der Waals surface area contributed by atoms with Crippen LogP contribution in [0.15, 0.2) is 51.0 Å². The normalized spacial score (nSPS) is 10.7. The molecule has 0 saturated carbocycles. The van der Waals surface area contributed by atoms with Crippen molar-refractivity contribution in [1.82, 2.24) is 24.7 Å². The van der Waals surface area contributed by atoms with E-state index in [1.165, 1.54) is 24.5 Å². The molecule has 0 aliphatic carbocycles. The zero-order valence-electron chi connectivity index (χ0n) is 14.6. The maximum absolute atomic E-state index is 12.0. The third-order valence-corrected chi connectivity index (χ3v) is 4.55. The summed E-state index contributed by atoms with van der Waals surface area (Å²) in [6.07, 6.45) is 1.29. The number of nitrogens with one attached hydrogen (secondary N) is 2. The monoisotopic (exact) mass is 442 g/mol. The minimum Gasteiger partial charge on any atom is -0.454 e. The summed E-state index contributed by atoms with van der Waals surface area (Å²) in [7, 11) is 0. The number of aromatic nitrogens is 5. The standard InChI is InChI=1S/C18H8Cl2N6O4/c19-11-3-8(26-18(29)24-17(28)14(6-21)25-26)4-12(20)15(11)30-9-1-2-13-10(5-9)16(27)23-7-22-13/h1-5,7H,(H,22,23,27)(H,24,28,29). The predicted octanol–water partition coefficient (Wildman–Crippen LogP) is 2.13. The Morgan fingerprint density at radius 3 is 2.50 bits per heavy atom. The van der Waals surface area contributed by atoms with Gasteiger partial charge in [0.25, 0.3) is 11.1 Å². The number of rotatable bonds is 3. The van der Waals surface area contributed by atoms with Crippen molar-refractivity contribution in [2.24, 2.45) is 0 Å². The first-order valence-corrected chi connectivity index (χ1v) is 8.91. The topological polar surface area (TPSA) is 147 Å². The maximum Gasteiger partial charge on any atom is 0.349 e. The number of fused-ring (bicyclic) bond motifs is 1. The van der Waals surface area contributed by atoms with E-state index in [-0.39, 0.29) is 32.8 Å². The highest BCUT2D eigenvalue weighted by molar-refractivity contribution is 6.37. The van der Waals surface area contributed by atoms with Crippen LogP contribution in [0.2, 0.25) is 10.0 Å². The van der Waals surface area contributed by atoms with Gasteiger partial charge < -0.3 is 9.72 Å². The molecule has 10 nitrogen and oxygen atoms in total. The first-order chi connectivity index (χ1) is 14.4. The molecular weight excluding hydrogens is 435 g/mol. The molecule has 12 heteroatoms. The molecule has 30 heavy (non-hydrogen) atoms. The van der Waals surface area contributed by atoms with Gasteiger partial charge in [0.1, 0.15) is 11.8 Å². The van der Waals surface area contributed by atoms with Crippen LogP contribution in [0.1, 0.15) is 5.69 Å². The Morgan fingerprint density at radius 1 is 1.07 bits per heavy atom. The van der Waals surface area contributed by atoms with Crippen molar-refractivity contribution < 1.29 is 4.74 Å². The number of hydrogen-bond acceptors (Lipinski definition) is 7. The minimum absolute atomic E-state index is 0.0242. The molecule has 0 unspecified atom stereocenters. The lowest BCUT2D eigenvalue weighted by Gasteiger charge is -2.12. The van der Waals surface area contributed by atoms with Gasteiger partial charge in [-0.25, -0.2) is 9.78 Å². The first kappa shape index (κ1) is 19.4. The van der Waals surface area contributed by atoms with E-state index >= 15 is 0 Å². The van der Waals surface area contributed by atoms with E-state index in [2.05, 4.69) is 15.1 Å². The van der Waals surface area contributed by atoms with Crippen LogP contribution in [0.25, 0.3) is 16.6 Å². The fourth-order valence-corrected chi connectivity index (χ4v) is 3.20. The second-order valence-corrected chi connectivity index (χ2v) is 6.70. The zero-order valence-corrected chi connectivity index (χ0v) is 16.2. The van der Waals surface area contributed by atoms with E-state index in [9.17, 15) is 14.4 Å². The molecule has 148 valence electrons. The number of nitriles is 1. The van der Waals surface area contributed by atoms with Crippen molar-refractivity contribution in [3.8, 4) is 23.3 Å². The van der Waals surface area contributed by atoms with Gasteiger partial charge in [-0.3, -0.25) is 14.6 Å². The molecule has 0 amide bonds. The van der Waals surface area contributed by atoms with Gasteiger partial charge in [0.2, 0.25) is 5.69 Å². The summed E-state index contributed by atoms with van der Waals surface area (Å²) in [4.78, 5) is 44.0. The molecule has 4 aromatic rings. The Bertz CT molecular complexity index is 1510. The number of aromatic amines is 2. The van der Waals surface area contributed by atoms with Crippen LogP contribution in [0.3, 0.4) is 0 Å². The third kappa shape index (κ3) is 3.43. The predicted molar refractivity (Wildman–Crippen MR) is 108 cm³/mol. The minimum atomic E-state index is -0.906. The number of nitrogens with zero attached hydrogens (tertiary/aromatic N) is 4. The Kier molecular flexibility index (Phi) is 4.83. The van der Waals surface area contributed by atoms with E-state index in [1.807, 2.05) is 4.98 Å². The smallest absolute Gasteiger partial charge is 0.349 e. The lowest BCUT2D eigenvalue weighted by molar-refractivity contribution is 0.483. The fraction of sp³-hybridized carbons (Fsp3) is 0. The van der Waals surface area contributed by atoms with Crippen molar-refractivity contribution >= 4 is 34.1 Å². The highest BCUT2D eigenvalue weighted by Gasteiger charge is 2.15. The van der Waals surface area contributed by atoms with Crippen LogP contribution in [0.4, 0.5) is 0 Å². The Hall–Kier alpha value is -3.94. The maximum atomic E-state index is 12.0. The van der Waals surface area contributed by atoms with Gasteiger partial charge in [-0.15, -0.1) is 5.10 Å². The number of halogens is 2. The van der Waals surface area contributed by atoms with Gasteiger partial charge in [0, 0.05) is 0 Å². The summed E-state index contributed by atoms with van der Waals surface area (Å²) in [5, 5.41) is 13.0. The van der Waals surface area contributed by atoms with Crippen molar-refractivity contribution in [3.05, 3.63) is 83.6 Å². The van der Waals surface area contributed by atoms with E-state index in [0.717, 1.165) is 4.68 Å². The highest BCUT2D eigenvalue weighted by atomic mass is 35.5. The summed E-state index contributed by atoms with van der Waals surface area (Å²) in [6, 6.07) is 8.90. The number of benzene rings is 2. The van der Waals surface area contributed by atoms with Crippen LogP contribution in [0, 0.1) is 11.3 Å². The number of ether oxygens (including phenoxy) is 1. The molecule has 2 heterocycles. The van der Waals surface area contributed by atoms with Gasteiger partial charge in [-0.2, -0.15) is 9.94 Å². The molecule has 0 saturated heterocycles. The van der Waals surface area contributed by atoms with Crippen LogP contribution in [-0.4, -0.2) is 24.7 Å². The van der Waals surface area contributed by atoms with Gasteiger partial charge in [-0.05, 0) is 30.3 Å². The molecule has 0 aliphatic rings. The van der Waals surface area contributed by atoms with Crippen molar-refractivity contribution in [2.75, 3.05) is 0 Å². The second-order valence-electron chi connectivity index (χ2n) is 5.88. The van der Waals surface area contributed by atoms with E-state index in [1.54, 1.807) is 18.2 Å². The summed E-state index contributed by atoms with van der Waals surface area (Å²) < 4.78 is 6.51. The molecule has 0 bridgehead atoms. The molecular formula is C18H8Cl2N6O4. The molecule has 0 radical (unpaired) electrons. The number of H-pyrrole nitrogens is 2. The lowest BCUT2D eigenvalue weighted by atomic mass is 10.2. The molecule has 2 aromatic carbocycles. The molecule has 0 fully saturated rings. The number of hydrogen-bond donors (Lipinski definition) is 2. The van der Waals surface area contributed by atoms with Crippen LogP contribution in [0.5, 0.6) is 11.5 Å². The van der Waals surface area contributed by atoms with Crippen LogP contribution in [-0.2, 0) is 0 Å². The Labute approximate surface area is 175 Å². The summed E-state index contributed by atoms with van der Waals surface area (Å²) in [5.74, 6) is 0.350. The van der Waals surface area contributed by atoms with E-state index < -0.39 is 16.9 Å².